The Morgan fingerprint density at radius 1 is 1.09 bits per heavy atom. The lowest BCUT2D eigenvalue weighted by molar-refractivity contribution is -0.121. The van der Waals surface area contributed by atoms with Gasteiger partial charge in [0.2, 0.25) is 0 Å². The number of rotatable bonds is 4. The van der Waals surface area contributed by atoms with Gasteiger partial charge in [0.1, 0.15) is 5.69 Å². The van der Waals surface area contributed by atoms with Crippen molar-refractivity contribution in [2.45, 2.75) is 24.0 Å². The van der Waals surface area contributed by atoms with Gasteiger partial charge in [-0.1, -0.05) is 23.8 Å². The molecule has 2 N–H and O–H groups in total. The quantitative estimate of drug-likeness (QED) is 0.671. The average molecular weight is 315 g/mol. The van der Waals surface area contributed by atoms with Gasteiger partial charge in [-0.3, -0.25) is 25.4 Å². The molecular weight excluding hydrogens is 298 g/mol. The van der Waals surface area contributed by atoms with Crippen molar-refractivity contribution in [3.63, 3.8) is 0 Å². The summed E-state index contributed by atoms with van der Waals surface area (Å²) in [6, 6.07) is 12.9. The van der Waals surface area contributed by atoms with Gasteiger partial charge in [-0.25, -0.2) is 0 Å². The Kier molecular flexibility index (Phi) is 5.55. The van der Waals surface area contributed by atoms with E-state index in [1.807, 2.05) is 31.2 Å². The third kappa shape index (κ3) is 4.60. The number of hydrazine groups is 1. The van der Waals surface area contributed by atoms with E-state index in [4.69, 9.17) is 0 Å². The highest BCUT2D eigenvalue weighted by molar-refractivity contribution is 8.00. The topological polar surface area (TPSA) is 71.1 Å². The summed E-state index contributed by atoms with van der Waals surface area (Å²) in [7, 11) is 0. The van der Waals surface area contributed by atoms with E-state index in [0.29, 0.717) is 0 Å². The van der Waals surface area contributed by atoms with Gasteiger partial charge in [0.05, 0.1) is 5.25 Å². The number of hydrogen-bond donors (Lipinski definition) is 2. The highest BCUT2D eigenvalue weighted by atomic mass is 32.2. The van der Waals surface area contributed by atoms with Crippen LogP contribution < -0.4 is 10.9 Å². The zero-order chi connectivity index (χ0) is 15.9. The Balaban J connectivity index is 1.84. The number of carbonyl (C=O) groups is 2. The van der Waals surface area contributed by atoms with Crippen LogP contribution in [0.3, 0.4) is 0 Å². The summed E-state index contributed by atoms with van der Waals surface area (Å²) < 4.78 is 0. The molecule has 2 rings (SSSR count). The smallest absolute Gasteiger partial charge is 0.272 e. The minimum Gasteiger partial charge on any atom is -0.272 e. The van der Waals surface area contributed by atoms with Gasteiger partial charge in [0, 0.05) is 11.1 Å². The lowest BCUT2D eigenvalue weighted by Gasteiger charge is -2.12. The molecule has 0 aliphatic carbocycles. The van der Waals surface area contributed by atoms with E-state index >= 15 is 0 Å². The summed E-state index contributed by atoms with van der Waals surface area (Å²) >= 11 is 1.43. The third-order valence-electron chi connectivity index (χ3n) is 2.90. The largest absolute Gasteiger partial charge is 0.288 e. The van der Waals surface area contributed by atoms with Gasteiger partial charge < -0.3 is 0 Å². The number of nitrogens with one attached hydrogen (secondary N) is 2. The monoisotopic (exact) mass is 315 g/mol. The molecule has 6 heteroatoms. The molecule has 114 valence electrons. The number of aromatic nitrogens is 1. The fourth-order valence-corrected chi connectivity index (χ4v) is 2.52. The minimum atomic E-state index is -0.443. The fraction of sp³-hybridized carbons (Fsp3) is 0.188. The lowest BCUT2D eigenvalue weighted by atomic mass is 10.2. The summed E-state index contributed by atoms with van der Waals surface area (Å²) in [4.78, 5) is 28.7. The Morgan fingerprint density at radius 3 is 2.45 bits per heavy atom. The van der Waals surface area contributed by atoms with E-state index in [0.717, 1.165) is 4.90 Å². The van der Waals surface area contributed by atoms with Crippen molar-refractivity contribution < 1.29 is 9.59 Å². The van der Waals surface area contributed by atoms with E-state index in [2.05, 4.69) is 15.8 Å². The maximum Gasteiger partial charge on any atom is 0.288 e. The number of pyridine rings is 1. The van der Waals surface area contributed by atoms with E-state index in [-0.39, 0.29) is 16.9 Å². The summed E-state index contributed by atoms with van der Waals surface area (Å²) in [6.45, 7) is 3.80. The van der Waals surface area contributed by atoms with Crippen LogP contribution in [-0.2, 0) is 4.79 Å². The molecule has 0 bridgehead atoms. The SMILES string of the molecule is Cc1ccc(SC(C)C(=O)NNC(=O)c2ccccn2)cc1. The van der Waals surface area contributed by atoms with E-state index in [1.165, 1.54) is 23.5 Å². The molecule has 1 aromatic heterocycles. The predicted octanol–water partition coefficient (Wildman–Crippen LogP) is 2.33. The highest BCUT2D eigenvalue weighted by Crippen LogP contribution is 2.23. The van der Waals surface area contributed by atoms with Crippen LogP contribution in [0, 0.1) is 6.92 Å². The molecule has 1 atom stereocenters. The Morgan fingerprint density at radius 2 is 1.82 bits per heavy atom. The van der Waals surface area contributed by atoms with Gasteiger partial charge >= 0.3 is 0 Å². The number of amides is 2. The van der Waals surface area contributed by atoms with Crippen LogP contribution >= 0.6 is 11.8 Å². The molecule has 2 aromatic rings. The summed E-state index contributed by atoms with van der Waals surface area (Å²) in [5.41, 5.74) is 6.20. The number of aryl methyl sites for hydroxylation is 1. The van der Waals surface area contributed by atoms with Crippen molar-refractivity contribution in [2.24, 2.45) is 0 Å². The molecule has 1 heterocycles. The van der Waals surface area contributed by atoms with Gasteiger partial charge in [0.25, 0.3) is 11.8 Å². The van der Waals surface area contributed by atoms with Crippen molar-refractivity contribution in [3.05, 3.63) is 59.9 Å². The van der Waals surface area contributed by atoms with Crippen LogP contribution in [0.25, 0.3) is 0 Å². The number of thioether (sulfide) groups is 1. The van der Waals surface area contributed by atoms with Crippen molar-refractivity contribution in [1.82, 2.24) is 15.8 Å². The molecule has 1 unspecified atom stereocenters. The number of hydrogen-bond acceptors (Lipinski definition) is 4. The first-order valence-corrected chi connectivity index (χ1v) is 7.69. The van der Waals surface area contributed by atoms with Crippen LogP contribution in [-0.4, -0.2) is 22.0 Å². The first-order chi connectivity index (χ1) is 10.6. The van der Waals surface area contributed by atoms with E-state index in [1.54, 1.807) is 25.1 Å². The highest BCUT2D eigenvalue weighted by Gasteiger charge is 2.15. The molecule has 0 saturated carbocycles. The van der Waals surface area contributed by atoms with Gasteiger partial charge in [-0.2, -0.15) is 0 Å². The summed E-state index contributed by atoms with van der Waals surface area (Å²) in [5.74, 6) is -0.712. The summed E-state index contributed by atoms with van der Waals surface area (Å²) in [6.07, 6.45) is 1.52. The van der Waals surface area contributed by atoms with Crippen LogP contribution in [0.4, 0.5) is 0 Å². The number of benzene rings is 1. The number of carbonyl (C=O) groups excluding carboxylic acids is 2. The molecule has 0 saturated heterocycles. The van der Waals surface area contributed by atoms with Gasteiger partial charge in [0.15, 0.2) is 0 Å². The molecule has 0 radical (unpaired) electrons. The first-order valence-electron chi connectivity index (χ1n) is 6.81. The van der Waals surface area contributed by atoms with E-state index in [9.17, 15) is 9.59 Å². The molecular formula is C16H17N3O2S. The number of nitrogens with zero attached hydrogens (tertiary/aromatic N) is 1. The second kappa shape index (κ2) is 7.61. The normalized spacial score (nSPS) is 11.5. The molecule has 22 heavy (non-hydrogen) atoms. The fourth-order valence-electron chi connectivity index (χ4n) is 1.66. The second-order valence-corrected chi connectivity index (χ2v) is 6.15. The summed E-state index contributed by atoms with van der Waals surface area (Å²) in [5, 5.41) is -0.327. The van der Waals surface area contributed by atoms with Crippen LogP contribution in [0.1, 0.15) is 23.0 Å². The Hall–Kier alpha value is -2.34. The maximum atomic E-state index is 12.0. The molecule has 0 aliphatic heterocycles. The van der Waals surface area contributed by atoms with Gasteiger partial charge in [-0.15, -0.1) is 11.8 Å². The third-order valence-corrected chi connectivity index (χ3v) is 4.01. The lowest BCUT2D eigenvalue weighted by Crippen LogP contribution is -2.45. The predicted molar refractivity (Wildman–Crippen MR) is 86.3 cm³/mol. The van der Waals surface area contributed by atoms with Crippen LogP contribution in [0.5, 0.6) is 0 Å². The van der Waals surface area contributed by atoms with Crippen molar-refractivity contribution in [3.8, 4) is 0 Å². The Labute approximate surface area is 133 Å². The van der Waals surface area contributed by atoms with Crippen LogP contribution in [0.2, 0.25) is 0 Å². The molecule has 0 fully saturated rings. The van der Waals surface area contributed by atoms with Crippen molar-refractivity contribution in [1.29, 1.82) is 0 Å². The zero-order valence-corrected chi connectivity index (χ0v) is 13.2. The molecule has 2 amide bonds. The minimum absolute atomic E-state index is 0.252. The molecule has 5 nitrogen and oxygen atoms in total. The second-order valence-electron chi connectivity index (χ2n) is 4.73. The standard InChI is InChI=1S/C16H17N3O2S/c1-11-6-8-13(9-7-11)22-12(2)15(20)18-19-16(21)14-5-3-4-10-17-14/h3-10,12H,1-2H3,(H,18,20)(H,19,21). The molecule has 0 spiro atoms. The maximum absolute atomic E-state index is 12.0. The first kappa shape index (κ1) is 16.0. The molecule has 0 aliphatic rings. The van der Waals surface area contributed by atoms with Crippen molar-refractivity contribution >= 4 is 23.6 Å². The van der Waals surface area contributed by atoms with E-state index < -0.39 is 5.91 Å². The van der Waals surface area contributed by atoms with Crippen LogP contribution in [0.15, 0.2) is 53.6 Å². The average Bonchev–Trinajstić information content (AvgIpc) is 2.55. The Bertz CT molecular complexity index is 644. The van der Waals surface area contributed by atoms with Crippen molar-refractivity contribution in [2.75, 3.05) is 0 Å². The van der Waals surface area contributed by atoms with Gasteiger partial charge in [-0.05, 0) is 38.1 Å². The zero-order valence-electron chi connectivity index (χ0n) is 12.4. The molecule has 1 aromatic carbocycles.